The first-order valence-electron chi connectivity index (χ1n) is 11.2. The van der Waals surface area contributed by atoms with Crippen molar-refractivity contribution in [3.8, 4) is 0 Å². The molecule has 1 saturated heterocycles. The molecule has 2 atom stereocenters. The third-order valence-corrected chi connectivity index (χ3v) is 7.03. The van der Waals surface area contributed by atoms with Crippen molar-refractivity contribution in [2.75, 3.05) is 26.2 Å². The number of carbonyl (C=O) groups is 1. The van der Waals surface area contributed by atoms with Gasteiger partial charge >= 0.3 is 6.03 Å². The minimum Gasteiger partial charge on any atom is -0.322 e. The van der Waals surface area contributed by atoms with E-state index in [9.17, 15) is 4.79 Å². The molecule has 2 aliphatic heterocycles. The molecule has 0 saturated carbocycles. The highest BCUT2D eigenvalue weighted by Gasteiger charge is 2.44. The summed E-state index contributed by atoms with van der Waals surface area (Å²) in [6.45, 7) is 2.77. The van der Waals surface area contributed by atoms with Gasteiger partial charge in [0.25, 0.3) is 0 Å². The summed E-state index contributed by atoms with van der Waals surface area (Å²) in [5, 5.41) is 5.14. The number of amidine groups is 1. The quantitative estimate of drug-likeness (QED) is 0.452. The van der Waals surface area contributed by atoms with Crippen LogP contribution < -0.4 is 5.32 Å². The summed E-state index contributed by atoms with van der Waals surface area (Å²) in [6, 6.07) is 21.9. The van der Waals surface area contributed by atoms with Crippen LogP contribution in [-0.4, -0.2) is 47.8 Å². The van der Waals surface area contributed by atoms with Crippen molar-refractivity contribution in [3.05, 3.63) is 105 Å². The molecule has 34 heavy (non-hydrogen) atoms. The van der Waals surface area contributed by atoms with Crippen LogP contribution in [0.4, 0.5) is 4.79 Å². The molecule has 5 rings (SSSR count). The van der Waals surface area contributed by atoms with E-state index in [1.54, 1.807) is 4.90 Å². The Morgan fingerprint density at radius 3 is 2.03 bits per heavy atom. The number of piperazine rings is 1. The van der Waals surface area contributed by atoms with Crippen LogP contribution in [-0.2, 0) is 0 Å². The predicted molar refractivity (Wildman–Crippen MR) is 138 cm³/mol. The summed E-state index contributed by atoms with van der Waals surface area (Å²) in [4.78, 5) is 22.8. The molecule has 1 fully saturated rings. The van der Waals surface area contributed by atoms with Gasteiger partial charge in [-0.25, -0.2) is 4.79 Å². The van der Waals surface area contributed by atoms with Crippen LogP contribution in [0.2, 0.25) is 15.1 Å². The first-order valence-corrected chi connectivity index (χ1v) is 12.3. The van der Waals surface area contributed by atoms with Crippen molar-refractivity contribution >= 4 is 46.7 Å². The van der Waals surface area contributed by atoms with E-state index in [2.05, 4.69) is 5.32 Å². The number of urea groups is 1. The lowest BCUT2D eigenvalue weighted by Gasteiger charge is -2.36. The van der Waals surface area contributed by atoms with Gasteiger partial charge in [0.15, 0.2) is 0 Å². The van der Waals surface area contributed by atoms with Gasteiger partial charge in [0.2, 0.25) is 0 Å². The zero-order valence-electron chi connectivity index (χ0n) is 18.3. The number of rotatable bonds is 3. The maximum Gasteiger partial charge on any atom is 0.326 e. The summed E-state index contributed by atoms with van der Waals surface area (Å²) >= 11 is 19.0. The zero-order chi connectivity index (χ0) is 23.7. The minimum absolute atomic E-state index is 0.0865. The minimum atomic E-state index is -0.368. The van der Waals surface area contributed by atoms with E-state index in [0.717, 1.165) is 29.8 Å². The number of aliphatic imine (C=N–C) groups is 1. The molecule has 174 valence electrons. The topological polar surface area (TPSA) is 47.9 Å². The second kappa shape index (κ2) is 9.96. The first-order chi connectivity index (χ1) is 16.5. The average Bonchev–Trinajstić information content (AvgIpc) is 3.25. The molecule has 5 nitrogen and oxygen atoms in total. The van der Waals surface area contributed by atoms with Gasteiger partial charge in [0, 0.05) is 41.8 Å². The number of benzene rings is 3. The normalized spacial score (nSPS) is 20.4. The molecule has 2 aliphatic rings. The third kappa shape index (κ3) is 4.53. The highest BCUT2D eigenvalue weighted by atomic mass is 35.5. The van der Waals surface area contributed by atoms with Crippen LogP contribution in [0.5, 0.6) is 0 Å². The van der Waals surface area contributed by atoms with Gasteiger partial charge in [0.1, 0.15) is 11.9 Å². The standard InChI is InChI=1S/C26H23Cl3N4O/c27-19-9-5-17(6-10-19)23-24(18-7-11-20(28)12-8-18)33(26(34)32-15-13-30-14-16-32)25(31-23)21-3-1-2-4-22(21)29/h1-12,23-24,30H,13-16H2. The maximum absolute atomic E-state index is 14.0. The molecule has 0 bridgehead atoms. The van der Waals surface area contributed by atoms with Crippen molar-refractivity contribution in [1.82, 2.24) is 15.1 Å². The van der Waals surface area contributed by atoms with Crippen LogP contribution in [0.25, 0.3) is 0 Å². The lowest BCUT2D eigenvalue weighted by Crippen LogP contribution is -2.53. The summed E-state index contributed by atoms with van der Waals surface area (Å²) in [6.07, 6.45) is 0. The van der Waals surface area contributed by atoms with Crippen LogP contribution in [0, 0.1) is 0 Å². The second-order valence-corrected chi connectivity index (χ2v) is 9.60. The lowest BCUT2D eigenvalue weighted by atomic mass is 9.93. The number of hydrogen-bond acceptors (Lipinski definition) is 3. The summed E-state index contributed by atoms with van der Waals surface area (Å²) in [7, 11) is 0. The number of hydrogen-bond donors (Lipinski definition) is 1. The Morgan fingerprint density at radius 1 is 0.824 bits per heavy atom. The third-order valence-electron chi connectivity index (χ3n) is 6.20. The van der Waals surface area contributed by atoms with E-state index in [4.69, 9.17) is 39.8 Å². The van der Waals surface area contributed by atoms with Crippen LogP contribution in [0.1, 0.15) is 28.8 Å². The molecule has 8 heteroatoms. The summed E-state index contributed by atoms with van der Waals surface area (Å²) < 4.78 is 0. The van der Waals surface area contributed by atoms with Gasteiger partial charge in [0.05, 0.1) is 11.1 Å². The number of amides is 2. The molecule has 2 unspecified atom stereocenters. The van der Waals surface area contributed by atoms with Crippen LogP contribution in [0.15, 0.2) is 77.8 Å². The predicted octanol–water partition coefficient (Wildman–Crippen LogP) is 6.22. The average molecular weight is 514 g/mol. The number of nitrogens with zero attached hydrogens (tertiary/aromatic N) is 3. The van der Waals surface area contributed by atoms with Crippen molar-refractivity contribution in [1.29, 1.82) is 0 Å². The fourth-order valence-electron chi connectivity index (χ4n) is 4.51. The van der Waals surface area contributed by atoms with Gasteiger partial charge < -0.3 is 10.2 Å². The van der Waals surface area contributed by atoms with E-state index in [1.807, 2.05) is 77.7 Å². The fraction of sp³-hybridized carbons (Fsp3) is 0.231. The Morgan fingerprint density at radius 2 is 1.41 bits per heavy atom. The Labute approximate surface area is 213 Å². The van der Waals surface area contributed by atoms with Gasteiger partial charge in [-0.2, -0.15) is 0 Å². The summed E-state index contributed by atoms with van der Waals surface area (Å²) in [5.41, 5.74) is 2.63. The second-order valence-electron chi connectivity index (χ2n) is 8.31. The monoisotopic (exact) mass is 512 g/mol. The van der Waals surface area contributed by atoms with Gasteiger partial charge in [-0.05, 0) is 47.5 Å². The number of halogens is 3. The highest BCUT2D eigenvalue weighted by Crippen LogP contribution is 2.45. The van der Waals surface area contributed by atoms with Crippen molar-refractivity contribution in [2.24, 2.45) is 4.99 Å². The number of carbonyl (C=O) groups excluding carboxylic acids is 1. The first kappa shape index (κ1) is 23.2. The van der Waals surface area contributed by atoms with E-state index >= 15 is 0 Å². The molecule has 3 aromatic rings. The zero-order valence-corrected chi connectivity index (χ0v) is 20.6. The molecule has 0 aromatic heterocycles. The molecular weight excluding hydrogens is 491 g/mol. The molecule has 2 amide bonds. The van der Waals surface area contributed by atoms with Crippen molar-refractivity contribution in [3.63, 3.8) is 0 Å². The maximum atomic E-state index is 14.0. The Kier molecular flexibility index (Phi) is 6.79. The van der Waals surface area contributed by atoms with E-state index in [1.165, 1.54) is 0 Å². The Bertz CT molecular complexity index is 1210. The number of nitrogens with one attached hydrogen (secondary N) is 1. The summed E-state index contributed by atoms with van der Waals surface area (Å²) in [5.74, 6) is 0.564. The van der Waals surface area contributed by atoms with E-state index in [0.29, 0.717) is 34.0 Å². The van der Waals surface area contributed by atoms with Gasteiger partial charge in [-0.1, -0.05) is 71.2 Å². The largest absolute Gasteiger partial charge is 0.326 e. The molecule has 0 spiro atoms. The lowest BCUT2D eigenvalue weighted by molar-refractivity contribution is 0.157. The molecular formula is C26H23Cl3N4O. The highest BCUT2D eigenvalue weighted by molar-refractivity contribution is 6.34. The SMILES string of the molecule is O=C(N1CCNCC1)N1C(c2ccccc2Cl)=NC(c2ccc(Cl)cc2)C1c1ccc(Cl)cc1. The Balaban J connectivity index is 1.67. The van der Waals surface area contributed by atoms with E-state index in [-0.39, 0.29) is 18.1 Å². The molecule has 0 radical (unpaired) electrons. The van der Waals surface area contributed by atoms with Gasteiger partial charge in [-0.3, -0.25) is 9.89 Å². The molecule has 0 aliphatic carbocycles. The molecule has 3 aromatic carbocycles. The van der Waals surface area contributed by atoms with Crippen molar-refractivity contribution in [2.45, 2.75) is 12.1 Å². The van der Waals surface area contributed by atoms with Gasteiger partial charge in [-0.15, -0.1) is 0 Å². The van der Waals surface area contributed by atoms with Crippen molar-refractivity contribution < 1.29 is 4.79 Å². The van der Waals surface area contributed by atoms with Crippen LogP contribution in [0.3, 0.4) is 0 Å². The smallest absolute Gasteiger partial charge is 0.322 e. The molecule has 2 heterocycles. The van der Waals surface area contributed by atoms with Crippen LogP contribution >= 0.6 is 34.8 Å². The van der Waals surface area contributed by atoms with E-state index < -0.39 is 0 Å². The fourth-order valence-corrected chi connectivity index (χ4v) is 4.98. The molecule has 1 N–H and O–H groups in total. The Hall–Kier alpha value is -2.57.